The predicted octanol–water partition coefficient (Wildman–Crippen LogP) is 3.98. The second-order valence-corrected chi connectivity index (χ2v) is 8.67. The molecular weight excluding hydrogens is 326 g/mol. The Balaban J connectivity index is 0.000000235. The van der Waals surface area contributed by atoms with Gasteiger partial charge in [-0.2, -0.15) is 8.42 Å². The Labute approximate surface area is 132 Å². The second kappa shape index (κ2) is 7.31. The van der Waals surface area contributed by atoms with Crippen LogP contribution in [0.2, 0.25) is 0 Å². The van der Waals surface area contributed by atoms with Crippen LogP contribution in [0, 0.1) is 25.6 Å². The Morgan fingerprint density at radius 1 is 1.19 bits per heavy atom. The highest BCUT2D eigenvalue weighted by molar-refractivity contribution is 7.87. The Kier molecular flexibility index (Phi) is 6.27. The normalized spacial score (nSPS) is 12.4. The zero-order valence-corrected chi connectivity index (χ0v) is 14.8. The van der Waals surface area contributed by atoms with E-state index < -0.39 is 10.1 Å². The lowest BCUT2D eigenvalue weighted by Gasteiger charge is -2.07. The van der Waals surface area contributed by atoms with Crippen LogP contribution in [-0.2, 0) is 20.8 Å². The molecule has 0 aliphatic carbocycles. The quantitative estimate of drug-likeness (QED) is 0.808. The van der Waals surface area contributed by atoms with E-state index in [-0.39, 0.29) is 15.6 Å². The van der Waals surface area contributed by atoms with Crippen molar-refractivity contribution in [2.75, 3.05) is 6.26 Å². The van der Waals surface area contributed by atoms with E-state index >= 15 is 0 Å². The Morgan fingerprint density at radius 2 is 1.71 bits per heavy atom. The number of rotatable bonds is 2. The maximum atomic E-state index is 10.9. The summed E-state index contributed by atoms with van der Waals surface area (Å²) in [7, 11) is -4.36. The van der Waals surface area contributed by atoms with E-state index in [4.69, 9.17) is 9.33 Å². The number of hydrogen-bond acceptors (Lipinski definition) is 4. The molecule has 0 fully saturated rings. The van der Waals surface area contributed by atoms with Gasteiger partial charge in [0.25, 0.3) is 10.1 Å². The average molecular weight is 346 g/mol. The van der Waals surface area contributed by atoms with Crippen LogP contribution in [0.3, 0.4) is 0 Å². The first-order valence-corrected chi connectivity index (χ1v) is 10.0. The molecule has 0 spiro atoms. The minimum absolute atomic E-state index is 0.0260. The molecule has 116 valence electrons. The van der Waals surface area contributed by atoms with Gasteiger partial charge >= 0.3 is 0 Å². The standard InChI is InChI=1S/C9H12O3S.C5H7NS2/c1-6-4-7(2)9(8(3)5-6)13(10,11)12;1-8(6)5-3-2-4-7-5/h4-5H,1-3H3,(H,10,11,12);2-4,6H,1H3. The molecule has 0 saturated carbocycles. The van der Waals surface area contributed by atoms with Gasteiger partial charge in [0.2, 0.25) is 0 Å². The second-order valence-electron chi connectivity index (χ2n) is 4.65. The molecule has 2 aromatic rings. The van der Waals surface area contributed by atoms with E-state index in [1.807, 2.05) is 30.7 Å². The molecular formula is C14H19NO3S3. The molecule has 21 heavy (non-hydrogen) atoms. The molecule has 2 N–H and O–H groups in total. The molecule has 4 nitrogen and oxygen atoms in total. The predicted molar refractivity (Wildman–Crippen MR) is 89.1 cm³/mol. The van der Waals surface area contributed by atoms with Crippen LogP contribution in [0.15, 0.2) is 38.8 Å². The van der Waals surface area contributed by atoms with E-state index in [2.05, 4.69) is 0 Å². The average Bonchev–Trinajstić information content (AvgIpc) is 2.78. The molecule has 1 aromatic heterocycles. The highest BCUT2D eigenvalue weighted by Gasteiger charge is 2.15. The van der Waals surface area contributed by atoms with Gasteiger partial charge < -0.3 is 0 Å². The minimum atomic E-state index is -4.08. The Bertz CT molecular complexity index is 712. The van der Waals surface area contributed by atoms with Crippen LogP contribution in [0.25, 0.3) is 0 Å². The number of nitrogens with one attached hydrogen (secondary N) is 1. The van der Waals surface area contributed by atoms with Gasteiger partial charge in [0, 0.05) is 0 Å². The molecule has 0 saturated heterocycles. The summed E-state index contributed by atoms with van der Waals surface area (Å²) in [4.78, 5) is 0.0260. The smallest absolute Gasteiger partial charge is 0.282 e. The van der Waals surface area contributed by atoms with Crippen LogP contribution < -0.4 is 0 Å². The summed E-state index contributed by atoms with van der Waals surface area (Å²) in [5.74, 6) is 0. The molecule has 0 radical (unpaired) electrons. The Hall–Kier alpha value is -1.02. The van der Waals surface area contributed by atoms with Gasteiger partial charge in [0.15, 0.2) is 0 Å². The third kappa shape index (κ3) is 5.35. The van der Waals surface area contributed by atoms with E-state index in [0.29, 0.717) is 11.1 Å². The first-order chi connectivity index (χ1) is 9.62. The van der Waals surface area contributed by atoms with Gasteiger partial charge in [-0.25, -0.2) is 0 Å². The highest BCUT2D eigenvalue weighted by atomic mass is 32.2. The third-order valence-corrected chi connectivity index (χ3v) is 6.26. The topological polar surface area (TPSA) is 78.2 Å². The lowest BCUT2D eigenvalue weighted by atomic mass is 10.1. The Morgan fingerprint density at radius 3 is 2.00 bits per heavy atom. The first-order valence-electron chi connectivity index (χ1n) is 6.09. The summed E-state index contributed by atoms with van der Waals surface area (Å²) in [6.07, 6.45) is 1.91. The van der Waals surface area contributed by atoms with E-state index in [0.717, 1.165) is 5.56 Å². The third-order valence-electron chi connectivity index (χ3n) is 2.66. The fourth-order valence-electron chi connectivity index (χ4n) is 2.01. The van der Waals surface area contributed by atoms with Crippen molar-refractivity contribution in [3.05, 3.63) is 46.3 Å². The lowest BCUT2D eigenvalue weighted by molar-refractivity contribution is 0.482. The summed E-state index contributed by atoms with van der Waals surface area (Å²) in [6.45, 7) is 5.22. The van der Waals surface area contributed by atoms with Crippen molar-refractivity contribution in [2.24, 2.45) is 0 Å². The molecule has 0 amide bonds. The van der Waals surface area contributed by atoms with Crippen LogP contribution in [0.4, 0.5) is 0 Å². The van der Waals surface area contributed by atoms with Gasteiger partial charge in [-0.1, -0.05) is 34.5 Å². The molecule has 1 aromatic carbocycles. The molecule has 7 heteroatoms. The van der Waals surface area contributed by atoms with Gasteiger partial charge in [0.1, 0.15) is 0 Å². The summed E-state index contributed by atoms with van der Waals surface area (Å²) in [5, 5.41) is 2.01. The van der Waals surface area contributed by atoms with Crippen LogP contribution in [0.1, 0.15) is 16.7 Å². The summed E-state index contributed by atoms with van der Waals surface area (Å²) in [5.41, 5.74) is 2.16. The minimum Gasteiger partial charge on any atom is -0.282 e. The number of hydrogen-bond donors (Lipinski definition) is 2. The van der Waals surface area contributed by atoms with Crippen molar-refractivity contribution in [1.82, 2.24) is 0 Å². The van der Waals surface area contributed by atoms with E-state index in [1.165, 1.54) is 4.21 Å². The van der Waals surface area contributed by atoms with Gasteiger partial charge in [-0.15, -0.1) is 11.3 Å². The molecule has 0 aliphatic rings. The lowest BCUT2D eigenvalue weighted by Crippen LogP contribution is -2.04. The number of benzene rings is 1. The maximum Gasteiger partial charge on any atom is 0.295 e. The molecule has 2 rings (SSSR count). The maximum absolute atomic E-state index is 10.9. The zero-order valence-electron chi connectivity index (χ0n) is 12.4. The molecule has 1 unspecified atom stereocenters. The SMILES string of the molecule is CS(=N)c1cccs1.Cc1cc(C)c(S(=O)(=O)O)c(C)c1. The zero-order chi connectivity index (χ0) is 16.2. The van der Waals surface area contributed by atoms with Crippen LogP contribution >= 0.6 is 11.3 Å². The largest absolute Gasteiger partial charge is 0.295 e. The van der Waals surface area contributed by atoms with Crippen molar-refractivity contribution in [1.29, 1.82) is 4.78 Å². The monoisotopic (exact) mass is 345 g/mol. The number of aryl methyl sites for hydroxylation is 3. The summed E-state index contributed by atoms with van der Waals surface area (Å²) >= 11 is 1.66. The van der Waals surface area contributed by atoms with Crippen molar-refractivity contribution in [2.45, 2.75) is 29.9 Å². The molecule has 1 atom stereocenters. The fourth-order valence-corrected chi connectivity index (χ4v) is 4.42. The summed E-state index contributed by atoms with van der Waals surface area (Å²) in [6, 6.07) is 7.45. The van der Waals surface area contributed by atoms with Crippen molar-refractivity contribution >= 4 is 32.1 Å². The van der Waals surface area contributed by atoms with Crippen molar-refractivity contribution in [3.63, 3.8) is 0 Å². The van der Waals surface area contributed by atoms with E-state index in [9.17, 15) is 8.42 Å². The van der Waals surface area contributed by atoms with E-state index in [1.54, 1.807) is 37.3 Å². The van der Waals surface area contributed by atoms with Gasteiger partial charge in [0.05, 0.1) is 9.10 Å². The van der Waals surface area contributed by atoms with Crippen LogP contribution in [-0.4, -0.2) is 19.2 Å². The highest BCUT2D eigenvalue weighted by Crippen LogP contribution is 2.20. The van der Waals surface area contributed by atoms with Crippen LogP contribution in [0.5, 0.6) is 0 Å². The van der Waals surface area contributed by atoms with Gasteiger partial charge in [-0.05, 0) is 49.6 Å². The first kappa shape index (κ1) is 18.0. The fraction of sp³-hybridized carbons (Fsp3) is 0.286. The molecule has 0 aliphatic heterocycles. The summed E-state index contributed by atoms with van der Waals surface area (Å²) < 4.78 is 39.2. The van der Waals surface area contributed by atoms with Crippen molar-refractivity contribution in [3.8, 4) is 0 Å². The molecule has 0 bridgehead atoms. The molecule has 1 heterocycles. The van der Waals surface area contributed by atoms with Gasteiger partial charge in [-0.3, -0.25) is 9.33 Å². The van der Waals surface area contributed by atoms with Crippen molar-refractivity contribution < 1.29 is 13.0 Å². The number of thiophene rings is 1.